The van der Waals surface area contributed by atoms with E-state index in [1.165, 1.54) is 28.2 Å². The molecule has 1 aliphatic heterocycles. The number of amides is 1. The first-order valence-corrected chi connectivity index (χ1v) is 10.6. The molecule has 0 saturated carbocycles. The summed E-state index contributed by atoms with van der Waals surface area (Å²) >= 11 is 1.46. The predicted molar refractivity (Wildman–Crippen MR) is 110 cm³/mol. The van der Waals surface area contributed by atoms with Gasteiger partial charge in [-0.05, 0) is 42.5 Å². The summed E-state index contributed by atoms with van der Waals surface area (Å²) in [5.41, 5.74) is 0.486. The smallest absolute Gasteiger partial charge is 0.293 e. The van der Waals surface area contributed by atoms with Gasteiger partial charge in [0.25, 0.3) is 5.91 Å². The topological polar surface area (TPSA) is 84.0 Å². The van der Waals surface area contributed by atoms with Crippen LogP contribution in [0.1, 0.15) is 29.9 Å². The summed E-state index contributed by atoms with van der Waals surface area (Å²) in [7, 11) is 0. The molecule has 1 amide bonds. The molecule has 3 aromatic rings. The molecule has 0 aliphatic carbocycles. The summed E-state index contributed by atoms with van der Waals surface area (Å²) in [5.74, 6) is -0.214. The third kappa shape index (κ3) is 4.25. The van der Waals surface area contributed by atoms with Gasteiger partial charge in [-0.25, -0.2) is 14.1 Å². The normalized spacial score (nSPS) is 14.4. The van der Waals surface area contributed by atoms with Crippen molar-refractivity contribution in [2.24, 2.45) is 0 Å². The largest absolute Gasteiger partial charge is 0.381 e. The van der Waals surface area contributed by atoms with Gasteiger partial charge in [0.1, 0.15) is 5.82 Å². The lowest BCUT2D eigenvalue weighted by Crippen LogP contribution is -2.44. The van der Waals surface area contributed by atoms with Gasteiger partial charge in [-0.3, -0.25) is 4.79 Å². The van der Waals surface area contributed by atoms with Crippen molar-refractivity contribution in [2.75, 3.05) is 19.8 Å². The van der Waals surface area contributed by atoms with Gasteiger partial charge in [0.05, 0.1) is 23.1 Å². The number of aromatic nitrogens is 3. The Morgan fingerprint density at radius 1 is 1.33 bits per heavy atom. The lowest BCUT2D eigenvalue weighted by Gasteiger charge is -2.33. The molecular formula is C21H20FN5O2S. The SMILES string of the molecule is N#CCCN(C(=O)c1nc(-c2cccs2)n(-c2cccc(F)c2)n1)C1CCOCC1. The predicted octanol–water partition coefficient (Wildman–Crippen LogP) is 3.67. The Labute approximate surface area is 177 Å². The van der Waals surface area contributed by atoms with Crippen LogP contribution in [-0.4, -0.2) is 51.4 Å². The molecule has 0 spiro atoms. The zero-order chi connectivity index (χ0) is 20.9. The van der Waals surface area contributed by atoms with E-state index in [9.17, 15) is 9.18 Å². The number of thiophene rings is 1. The highest BCUT2D eigenvalue weighted by Crippen LogP contribution is 2.27. The molecule has 0 bridgehead atoms. The highest BCUT2D eigenvalue weighted by atomic mass is 32.1. The van der Waals surface area contributed by atoms with Crippen LogP contribution in [0, 0.1) is 17.1 Å². The van der Waals surface area contributed by atoms with E-state index in [2.05, 4.69) is 16.2 Å². The Kier molecular flexibility index (Phi) is 6.16. The number of rotatable bonds is 6. The Bertz CT molecular complexity index is 1050. The molecule has 0 unspecified atom stereocenters. The maximum atomic E-state index is 13.8. The van der Waals surface area contributed by atoms with Gasteiger partial charge >= 0.3 is 0 Å². The molecule has 4 rings (SSSR count). The van der Waals surface area contributed by atoms with Crippen molar-refractivity contribution in [1.82, 2.24) is 19.7 Å². The maximum Gasteiger partial charge on any atom is 0.293 e. The molecule has 3 heterocycles. The van der Waals surface area contributed by atoms with Gasteiger partial charge in [-0.2, -0.15) is 5.26 Å². The molecule has 2 aromatic heterocycles. The fraction of sp³-hybridized carbons (Fsp3) is 0.333. The van der Waals surface area contributed by atoms with Crippen LogP contribution in [0.4, 0.5) is 4.39 Å². The van der Waals surface area contributed by atoms with Gasteiger partial charge in [0.2, 0.25) is 5.82 Å². The van der Waals surface area contributed by atoms with Crippen molar-refractivity contribution in [3.63, 3.8) is 0 Å². The lowest BCUT2D eigenvalue weighted by molar-refractivity contribution is 0.0289. The number of nitriles is 1. The average molecular weight is 425 g/mol. The van der Waals surface area contributed by atoms with Crippen LogP contribution in [0.25, 0.3) is 16.4 Å². The van der Waals surface area contributed by atoms with E-state index in [0.717, 1.165) is 4.88 Å². The van der Waals surface area contributed by atoms with Gasteiger partial charge in [0, 0.05) is 25.8 Å². The van der Waals surface area contributed by atoms with Gasteiger partial charge in [-0.15, -0.1) is 16.4 Å². The van der Waals surface area contributed by atoms with Gasteiger partial charge in [-0.1, -0.05) is 12.1 Å². The molecule has 1 aromatic carbocycles. The van der Waals surface area contributed by atoms with E-state index in [1.54, 1.807) is 17.0 Å². The van der Waals surface area contributed by atoms with Crippen LogP contribution in [-0.2, 0) is 4.74 Å². The van der Waals surface area contributed by atoms with E-state index in [0.29, 0.717) is 44.1 Å². The van der Waals surface area contributed by atoms with Crippen LogP contribution in [0.3, 0.4) is 0 Å². The van der Waals surface area contributed by atoms with Crippen molar-refractivity contribution in [1.29, 1.82) is 5.26 Å². The summed E-state index contributed by atoms with van der Waals surface area (Å²) in [4.78, 5) is 20.4. The summed E-state index contributed by atoms with van der Waals surface area (Å²) in [6.07, 6.45) is 1.64. The number of hydrogen-bond donors (Lipinski definition) is 0. The minimum Gasteiger partial charge on any atom is -0.381 e. The highest BCUT2D eigenvalue weighted by molar-refractivity contribution is 7.13. The minimum absolute atomic E-state index is 0.0223. The number of benzene rings is 1. The fourth-order valence-electron chi connectivity index (χ4n) is 3.50. The summed E-state index contributed by atoms with van der Waals surface area (Å²) < 4.78 is 20.7. The third-order valence-corrected chi connectivity index (χ3v) is 5.82. The molecule has 0 atom stereocenters. The minimum atomic E-state index is -0.397. The fourth-order valence-corrected chi connectivity index (χ4v) is 4.20. The first-order chi connectivity index (χ1) is 14.7. The zero-order valence-corrected chi connectivity index (χ0v) is 17.0. The van der Waals surface area contributed by atoms with Crippen LogP contribution in [0.2, 0.25) is 0 Å². The van der Waals surface area contributed by atoms with Gasteiger partial charge < -0.3 is 9.64 Å². The molecule has 1 fully saturated rings. The standard InChI is InChI=1S/C21H20FN5O2S/c22-15-4-1-5-17(14-15)27-20(18-6-2-13-30-18)24-19(25-27)21(28)26(10-3-9-23)16-7-11-29-12-8-16/h1-2,4-6,13-14,16H,3,7-8,10-12H2. The molecular weight excluding hydrogens is 405 g/mol. The van der Waals surface area contributed by atoms with E-state index >= 15 is 0 Å². The summed E-state index contributed by atoms with van der Waals surface area (Å²) in [6.45, 7) is 1.46. The van der Waals surface area contributed by atoms with Gasteiger partial charge in [0.15, 0.2) is 5.82 Å². The molecule has 1 aliphatic rings. The monoisotopic (exact) mass is 425 g/mol. The van der Waals surface area contributed by atoms with Crippen LogP contribution in [0.15, 0.2) is 41.8 Å². The second-order valence-electron chi connectivity index (χ2n) is 6.88. The third-order valence-electron chi connectivity index (χ3n) is 4.95. The van der Waals surface area contributed by atoms with Crippen molar-refractivity contribution >= 4 is 17.2 Å². The number of nitrogens with zero attached hydrogens (tertiary/aromatic N) is 5. The second-order valence-corrected chi connectivity index (χ2v) is 7.83. The number of halogens is 1. The lowest BCUT2D eigenvalue weighted by atomic mass is 10.1. The Morgan fingerprint density at radius 2 is 2.17 bits per heavy atom. The Morgan fingerprint density at radius 3 is 2.87 bits per heavy atom. The molecule has 30 heavy (non-hydrogen) atoms. The van der Waals surface area contributed by atoms with E-state index < -0.39 is 5.82 Å². The zero-order valence-electron chi connectivity index (χ0n) is 16.2. The molecule has 1 saturated heterocycles. The van der Waals surface area contributed by atoms with Crippen LogP contribution >= 0.6 is 11.3 Å². The summed E-state index contributed by atoms with van der Waals surface area (Å²) in [5, 5.41) is 15.4. The Balaban J connectivity index is 1.73. The molecule has 154 valence electrons. The number of ether oxygens (including phenoxy) is 1. The van der Waals surface area contributed by atoms with Crippen molar-refractivity contribution in [3.8, 4) is 22.5 Å². The van der Waals surface area contributed by atoms with Crippen LogP contribution in [0.5, 0.6) is 0 Å². The molecule has 7 nitrogen and oxygen atoms in total. The Hall–Kier alpha value is -3.09. The number of carbonyl (C=O) groups excluding carboxylic acids is 1. The first kappa shape index (κ1) is 20.2. The first-order valence-electron chi connectivity index (χ1n) is 9.70. The number of carbonyl (C=O) groups is 1. The summed E-state index contributed by atoms with van der Waals surface area (Å²) in [6, 6.07) is 11.9. The van der Waals surface area contributed by atoms with Crippen molar-refractivity contribution in [2.45, 2.75) is 25.3 Å². The van der Waals surface area contributed by atoms with Crippen molar-refractivity contribution in [3.05, 3.63) is 53.4 Å². The average Bonchev–Trinajstić information content (AvgIpc) is 3.44. The van der Waals surface area contributed by atoms with Crippen molar-refractivity contribution < 1.29 is 13.9 Å². The van der Waals surface area contributed by atoms with Crippen LogP contribution < -0.4 is 0 Å². The van der Waals surface area contributed by atoms with E-state index in [1.807, 2.05) is 17.5 Å². The second kappa shape index (κ2) is 9.15. The van der Waals surface area contributed by atoms with E-state index in [4.69, 9.17) is 10.00 Å². The maximum absolute atomic E-state index is 13.8. The highest BCUT2D eigenvalue weighted by Gasteiger charge is 2.30. The quantitative estimate of drug-likeness (QED) is 0.602. The van der Waals surface area contributed by atoms with E-state index in [-0.39, 0.29) is 24.2 Å². The molecule has 0 radical (unpaired) electrons. The number of hydrogen-bond acceptors (Lipinski definition) is 6. The molecule has 9 heteroatoms. The molecule has 0 N–H and O–H groups in total.